The molecule has 5 rings (SSSR count). The molecule has 0 bridgehead atoms. The molecule has 3 atom stereocenters. The van der Waals surface area contributed by atoms with Gasteiger partial charge >= 0.3 is 6.18 Å². The van der Waals surface area contributed by atoms with Gasteiger partial charge in [-0.25, -0.2) is 15.0 Å². The highest BCUT2D eigenvalue weighted by Crippen LogP contribution is 2.38. The maximum absolute atomic E-state index is 14.0. The van der Waals surface area contributed by atoms with Crippen LogP contribution in [-0.2, 0) is 10.9 Å². The predicted molar refractivity (Wildman–Crippen MR) is 151 cm³/mol. The molecular formula is C28H31F3N6O4S. The minimum atomic E-state index is -4.64. The molecule has 0 saturated carbocycles. The molecule has 0 aliphatic carbocycles. The van der Waals surface area contributed by atoms with E-state index in [9.17, 15) is 18.0 Å². The highest BCUT2D eigenvalue weighted by molar-refractivity contribution is 7.13. The standard InChI is InChI=1S/C28H31F3N6O4S/c1-4-40-14-17-11-16(12-34-27-33-9-10-42-27)13-37(17)26(38)23-24(15(2)32)41-25(36-23)19-5-7-20(39-3)22-18(19)6-8-21(35-22)28(29,30)31/h5-10,15-17H,4,11-14,32H2,1-3H3,(H,33,34)/t15-,16?,17-/m0/s1. The Hall–Kier alpha value is -3.75. The first-order valence-electron chi connectivity index (χ1n) is 13.4. The van der Waals surface area contributed by atoms with Crippen LogP contribution in [0.5, 0.6) is 5.75 Å². The maximum atomic E-state index is 14.0. The summed E-state index contributed by atoms with van der Waals surface area (Å²) in [4.78, 5) is 28.3. The number of carbonyl (C=O) groups is 1. The van der Waals surface area contributed by atoms with E-state index in [0.29, 0.717) is 37.3 Å². The van der Waals surface area contributed by atoms with Crippen LogP contribution >= 0.6 is 11.3 Å². The smallest absolute Gasteiger partial charge is 0.433 e. The fraction of sp³-hybridized carbons (Fsp3) is 0.429. The summed E-state index contributed by atoms with van der Waals surface area (Å²) in [5.74, 6) is 0.172. The monoisotopic (exact) mass is 604 g/mol. The summed E-state index contributed by atoms with van der Waals surface area (Å²) >= 11 is 1.50. The highest BCUT2D eigenvalue weighted by Gasteiger charge is 2.39. The van der Waals surface area contributed by atoms with Crippen molar-refractivity contribution >= 4 is 33.3 Å². The van der Waals surface area contributed by atoms with Gasteiger partial charge in [0.25, 0.3) is 5.91 Å². The van der Waals surface area contributed by atoms with Crippen LogP contribution in [0.1, 0.15) is 48.3 Å². The number of aromatic nitrogens is 3. The Morgan fingerprint density at radius 1 is 1.29 bits per heavy atom. The van der Waals surface area contributed by atoms with Crippen molar-refractivity contribution in [2.75, 3.05) is 38.7 Å². The zero-order chi connectivity index (χ0) is 30.0. The summed E-state index contributed by atoms with van der Waals surface area (Å²) < 4.78 is 57.2. The number of anilines is 1. The molecule has 1 fully saturated rings. The number of hydrogen-bond donors (Lipinski definition) is 2. The molecule has 0 radical (unpaired) electrons. The number of hydrogen-bond acceptors (Lipinski definition) is 10. The number of alkyl halides is 3. The number of amides is 1. The number of carbonyl (C=O) groups excluding carboxylic acids is 1. The molecule has 4 heterocycles. The fourth-order valence-electron chi connectivity index (χ4n) is 5.11. The Morgan fingerprint density at radius 2 is 2.10 bits per heavy atom. The summed E-state index contributed by atoms with van der Waals surface area (Å²) in [5, 5.41) is 6.35. The van der Waals surface area contributed by atoms with E-state index in [1.807, 2.05) is 12.3 Å². The number of thiazole rings is 1. The first kappa shape index (κ1) is 29.7. The molecule has 1 saturated heterocycles. The summed E-state index contributed by atoms with van der Waals surface area (Å²) in [5.41, 5.74) is 5.55. The molecule has 10 nitrogen and oxygen atoms in total. The van der Waals surface area contributed by atoms with E-state index in [-0.39, 0.29) is 46.5 Å². The van der Waals surface area contributed by atoms with Crippen molar-refractivity contribution in [1.29, 1.82) is 0 Å². The van der Waals surface area contributed by atoms with Crippen molar-refractivity contribution in [1.82, 2.24) is 19.9 Å². The zero-order valence-electron chi connectivity index (χ0n) is 23.3. The Kier molecular flexibility index (Phi) is 8.66. The lowest BCUT2D eigenvalue weighted by atomic mass is 10.1. The topological polar surface area (TPSA) is 129 Å². The van der Waals surface area contributed by atoms with Crippen molar-refractivity contribution in [3.05, 3.63) is 53.0 Å². The lowest BCUT2D eigenvalue weighted by Crippen LogP contribution is -2.39. The molecule has 4 aromatic rings. The van der Waals surface area contributed by atoms with Crippen LogP contribution in [0.2, 0.25) is 0 Å². The number of rotatable bonds is 10. The molecule has 1 aromatic carbocycles. The second-order valence-corrected chi connectivity index (χ2v) is 10.9. The van der Waals surface area contributed by atoms with Crippen LogP contribution in [0, 0.1) is 5.92 Å². The molecular weight excluding hydrogens is 573 g/mol. The maximum Gasteiger partial charge on any atom is 0.433 e. The Labute approximate surface area is 244 Å². The summed E-state index contributed by atoms with van der Waals surface area (Å²) in [7, 11) is 1.35. The van der Waals surface area contributed by atoms with Gasteiger partial charge in [0, 0.05) is 42.2 Å². The largest absolute Gasteiger partial charge is 0.494 e. The van der Waals surface area contributed by atoms with E-state index in [4.69, 9.17) is 19.6 Å². The van der Waals surface area contributed by atoms with Gasteiger partial charge in [-0.3, -0.25) is 4.79 Å². The normalized spacial score (nSPS) is 18.0. The van der Waals surface area contributed by atoms with E-state index in [0.717, 1.165) is 17.6 Å². The van der Waals surface area contributed by atoms with Crippen LogP contribution < -0.4 is 15.8 Å². The van der Waals surface area contributed by atoms with Gasteiger partial charge in [0.1, 0.15) is 17.0 Å². The van der Waals surface area contributed by atoms with Crippen LogP contribution in [0.3, 0.4) is 0 Å². The lowest BCUT2D eigenvalue weighted by Gasteiger charge is -2.24. The molecule has 42 heavy (non-hydrogen) atoms. The van der Waals surface area contributed by atoms with E-state index < -0.39 is 17.9 Å². The number of pyridine rings is 1. The number of nitrogens with two attached hydrogens (primary N) is 1. The zero-order valence-corrected chi connectivity index (χ0v) is 24.1. The Bertz CT molecular complexity index is 1540. The highest BCUT2D eigenvalue weighted by atomic mass is 32.1. The van der Waals surface area contributed by atoms with Crippen molar-refractivity contribution in [3.8, 4) is 17.2 Å². The van der Waals surface area contributed by atoms with Crippen LogP contribution in [-0.4, -0.2) is 65.2 Å². The van der Waals surface area contributed by atoms with E-state index in [2.05, 4.69) is 20.3 Å². The fourth-order valence-corrected chi connectivity index (χ4v) is 5.65. The first-order chi connectivity index (χ1) is 20.1. The van der Waals surface area contributed by atoms with Gasteiger partial charge in [-0.15, -0.1) is 11.3 Å². The van der Waals surface area contributed by atoms with E-state index >= 15 is 0 Å². The van der Waals surface area contributed by atoms with Gasteiger partial charge < -0.3 is 29.8 Å². The van der Waals surface area contributed by atoms with Crippen LogP contribution in [0.15, 0.2) is 40.3 Å². The Morgan fingerprint density at radius 3 is 2.76 bits per heavy atom. The average Bonchev–Trinajstić information content (AvgIpc) is 3.73. The number of ether oxygens (including phenoxy) is 2. The first-order valence-corrected chi connectivity index (χ1v) is 14.3. The number of methoxy groups -OCH3 is 1. The molecule has 1 amide bonds. The molecule has 3 N–H and O–H groups in total. The number of oxazole rings is 1. The van der Waals surface area contributed by atoms with Crippen LogP contribution in [0.4, 0.5) is 18.3 Å². The third-order valence-electron chi connectivity index (χ3n) is 7.08. The Balaban J connectivity index is 1.49. The summed E-state index contributed by atoms with van der Waals surface area (Å²) in [6, 6.07) is 4.40. The van der Waals surface area contributed by atoms with Crippen molar-refractivity contribution in [3.63, 3.8) is 0 Å². The SMILES string of the molecule is CCOC[C@@H]1CC(CNc2nccs2)CN1C(=O)c1nc(-c2ccc(OC)c3nc(C(F)(F)F)ccc23)oc1[C@H](C)N. The predicted octanol–water partition coefficient (Wildman–Crippen LogP) is 5.37. The number of nitrogens with one attached hydrogen (secondary N) is 1. The number of halogens is 3. The average molecular weight is 605 g/mol. The molecule has 1 aliphatic rings. The minimum Gasteiger partial charge on any atom is -0.494 e. The number of fused-ring (bicyclic) bond motifs is 1. The molecule has 3 aromatic heterocycles. The van der Waals surface area contributed by atoms with Crippen molar-refractivity contribution in [2.24, 2.45) is 11.7 Å². The third-order valence-corrected chi connectivity index (χ3v) is 7.81. The number of benzene rings is 1. The second-order valence-electron chi connectivity index (χ2n) is 10.0. The molecule has 1 aliphatic heterocycles. The quantitative estimate of drug-likeness (QED) is 0.245. The molecule has 14 heteroatoms. The van der Waals surface area contributed by atoms with Gasteiger partial charge in [0.2, 0.25) is 5.89 Å². The minimum absolute atomic E-state index is 0.00913. The lowest BCUT2D eigenvalue weighted by molar-refractivity contribution is -0.140. The van der Waals surface area contributed by atoms with Crippen LogP contribution in [0.25, 0.3) is 22.4 Å². The summed E-state index contributed by atoms with van der Waals surface area (Å²) in [6.45, 7) is 5.54. The molecule has 224 valence electrons. The van der Waals surface area contributed by atoms with Crippen molar-refractivity contribution < 1.29 is 31.9 Å². The molecule has 0 spiro atoms. The number of nitrogens with zero attached hydrogens (tertiary/aromatic N) is 4. The van der Waals surface area contributed by atoms with Crippen molar-refractivity contribution in [2.45, 2.75) is 38.5 Å². The van der Waals surface area contributed by atoms with E-state index in [1.165, 1.54) is 30.6 Å². The van der Waals surface area contributed by atoms with Gasteiger partial charge in [-0.05, 0) is 50.5 Å². The van der Waals surface area contributed by atoms with Gasteiger partial charge in [0.15, 0.2) is 16.6 Å². The second kappa shape index (κ2) is 12.2. The molecule has 1 unspecified atom stereocenters. The van der Waals surface area contributed by atoms with Gasteiger partial charge in [0.05, 0.1) is 25.8 Å². The van der Waals surface area contributed by atoms with Gasteiger partial charge in [-0.2, -0.15) is 13.2 Å². The van der Waals surface area contributed by atoms with Gasteiger partial charge in [-0.1, -0.05) is 0 Å². The third kappa shape index (κ3) is 6.05. The van der Waals surface area contributed by atoms with E-state index in [1.54, 1.807) is 24.1 Å². The summed E-state index contributed by atoms with van der Waals surface area (Å²) in [6.07, 6.45) is -2.19. The number of likely N-dealkylation sites (tertiary alicyclic amines) is 1.